The molecule has 0 radical (unpaired) electrons. The molecule has 0 bridgehead atoms. The molecule has 118 valence electrons. The molecule has 0 spiro atoms. The van der Waals surface area contributed by atoms with Crippen molar-refractivity contribution in [3.05, 3.63) is 57.8 Å². The largest absolute Gasteiger partial charge is 0.298 e. The smallest absolute Gasteiger partial charge is 0.273 e. The van der Waals surface area contributed by atoms with E-state index in [0.717, 1.165) is 21.0 Å². The van der Waals surface area contributed by atoms with E-state index in [1.54, 1.807) is 17.1 Å². The highest BCUT2D eigenvalue weighted by atomic mass is 79.9. The van der Waals surface area contributed by atoms with E-state index in [0.29, 0.717) is 12.0 Å². The predicted molar refractivity (Wildman–Crippen MR) is 93.8 cm³/mol. The number of aryl methyl sites for hydroxylation is 1. The third kappa shape index (κ3) is 3.59. The molecule has 2 heterocycles. The van der Waals surface area contributed by atoms with Crippen molar-refractivity contribution in [2.75, 3.05) is 5.43 Å². The monoisotopic (exact) mass is 391 g/mol. The van der Waals surface area contributed by atoms with E-state index in [1.165, 1.54) is 11.3 Å². The lowest BCUT2D eigenvalue weighted by Crippen LogP contribution is -2.29. The molecule has 1 amide bonds. The summed E-state index contributed by atoms with van der Waals surface area (Å²) in [5.41, 5.74) is 7.65. The van der Waals surface area contributed by atoms with Gasteiger partial charge in [0.05, 0.1) is 16.9 Å². The average molecular weight is 392 g/mol. The van der Waals surface area contributed by atoms with Gasteiger partial charge in [-0.15, -0.1) is 11.3 Å². The first-order chi connectivity index (χ1) is 11.2. The second kappa shape index (κ2) is 6.93. The van der Waals surface area contributed by atoms with Crippen LogP contribution in [0.5, 0.6) is 0 Å². The van der Waals surface area contributed by atoms with E-state index in [2.05, 4.69) is 36.9 Å². The normalized spacial score (nSPS) is 10.5. The molecule has 8 heteroatoms. The van der Waals surface area contributed by atoms with Crippen LogP contribution in [0.25, 0.3) is 5.13 Å². The van der Waals surface area contributed by atoms with Gasteiger partial charge in [-0.05, 0) is 30.7 Å². The van der Waals surface area contributed by atoms with E-state index >= 15 is 0 Å². The van der Waals surface area contributed by atoms with Gasteiger partial charge in [0.1, 0.15) is 0 Å². The maximum absolute atomic E-state index is 12.4. The Bertz CT molecular complexity index is 798. The Morgan fingerprint density at radius 1 is 1.35 bits per heavy atom. The molecule has 2 aromatic heterocycles. The SMILES string of the molecule is CCc1nn(-c2nccs2)cc1C(=O)NNc1ccc(Br)cc1. The van der Waals surface area contributed by atoms with E-state index in [4.69, 9.17) is 0 Å². The van der Waals surface area contributed by atoms with Crippen molar-refractivity contribution in [3.8, 4) is 5.13 Å². The molecule has 0 aliphatic carbocycles. The number of aromatic nitrogens is 3. The highest BCUT2D eigenvalue weighted by Crippen LogP contribution is 2.16. The molecule has 0 saturated heterocycles. The standard InChI is InChI=1S/C15H14BrN5OS/c1-2-13-12(9-21(20-13)15-17-7-8-23-15)14(22)19-18-11-5-3-10(16)4-6-11/h3-9,18H,2H2,1H3,(H,19,22). The molecule has 2 N–H and O–H groups in total. The minimum absolute atomic E-state index is 0.229. The Kier molecular flexibility index (Phi) is 4.73. The molecule has 6 nitrogen and oxygen atoms in total. The molecular formula is C15H14BrN5OS. The van der Waals surface area contributed by atoms with Gasteiger partial charge in [0.15, 0.2) is 0 Å². The van der Waals surface area contributed by atoms with Crippen molar-refractivity contribution in [1.82, 2.24) is 20.2 Å². The van der Waals surface area contributed by atoms with Crippen molar-refractivity contribution in [2.45, 2.75) is 13.3 Å². The van der Waals surface area contributed by atoms with Crippen molar-refractivity contribution >= 4 is 38.9 Å². The van der Waals surface area contributed by atoms with Crippen LogP contribution in [0.2, 0.25) is 0 Å². The molecule has 0 saturated carbocycles. The Hall–Kier alpha value is -2.19. The summed E-state index contributed by atoms with van der Waals surface area (Å²) in [7, 11) is 0. The second-order valence-corrected chi connectivity index (χ2v) is 6.48. The number of carbonyl (C=O) groups excluding carboxylic acids is 1. The minimum atomic E-state index is -0.229. The summed E-state index contributed by atoms with van der Waals surface area (Å²) >= 11 is 4.84. The highest BCUT2D eigenvalue weighted by molar-refractivity contribution is 9.10. The van der Waals surface area contributed by atoms with Gasteiger partial charge in [0.25, 0.3) is 5.91 Å². The van der Waals surface area contributed by atoms with Crippen molar-refractivity contribution in [1.29, 1.82) is 0 Å². The van der Waals surface area contributed by atoms with Gasteiger partial charge in [0.2, 0.25) is 5.13 Å². The first-order valence-corrected chi connectivity index (χ1v) is 8.65. The minimum Gasteiger partial charge on any atom is -0.298 e. The number of hydrogen-bond acceptors (Lipinski definition) is 5. The topological polar surface area (TPSA) is 71.8 Å². The Morgan fingerprint density at radius 3 is 2.78 bits per heavy atom. The molecular weight excluding hydrogens is 378 g/mol. The van der Waals surface area contributed by atoms with Crippen LogP contribution in [0.4, 0.5) is 5.69 Å². The van der Waals surface area contributed by atoms with Crippen LogP contribution in [0.3, 0.4) is 0 Å². The molecule has 0 atom stereocenters. The van der Waals surface area contributed by atoms with E-state index < -0.39 is 0 Å². The van der Waals surface area contributed by atoms with Crippen LogP contribution in [-0.4, -0.2) is 20.7 Å². The van der Waals surface area contributed by atoms with Gasteiger partial charge in [0, 0.05) is 22.2 Å². The third-order valence-corrected chi connectivity index (χ3v) is 4.44. The van der Waals surface area contributed by atoms with Crippen LogP contribution in [0.15, 0.2) is 46.5 Å². The maximum Gasteiger partial charge on any atom is 0.273 e. The maximum atomic E-state index is 12.4. The zero-order valence-corrected chi connectivity index (χ0v) is 14.7. The van der Waals surface area contributed by atoms with Gasteiger partial charge in [-0.2, -0.15) is 5.10 Å². The first kappa shape index (κ1) is 15.7. The number of nitrogens with zero attached hydrogens (tertiary/aromatic N) is 3. The van der Waals surface area contributed by atoms with Crippen molar-refractivity contribution in [3.63, 3.8) is 0 Å². The molecule has 23 heavy (non-hydrogen) atoms. The van der Waals surface area contributed by atoms with Crippen LogP contribution in [-0.2, 0) is 6.42 Å². The summed E-state index contributed by atoms with van der Waals surface area (Å²) in [6, 6.07) is 7.52. The number of carbonyl (C=O) groups is 1. The fourth-order valence-corrected chi connectivity index (χ4v) is 2.85. The summed E-state index contributed by atoms with van der Waals surface area (Å²) in [6.45, 7) is 1.97. The van der Waals surface area contributed by atoms with E-state index in [9.17, 15) is 4.79 Å². The summed E-state index contributed by atoms with van der Waals surface area (Å²) in [5, 5.41) is 7.04. The number of nitrogens with one attached hydrogen (secondary N) is 2. The summed E-state index contributed by atoms with van der Waals surface area (Å²) in [4.78, 5) is 16.6. The van der Waals surface area contributed by atoms with Crippen LogP contribution in [0.1, 0.15) is 23.0 Å². The zero-order valence-electron chi connectivity index (χ0n) is 12.3. The van der Waals surface area contributed by atoms with Gasteiger partial charge in [-0.3, -0.25) is 15.6 Å². The number of halogens is 1. The zero-order chi connectivity index (χ0) is 16.2. The molecule has 0 unspecified atom stereocenters. The van der Waals surface area contributed by atoms with Crippen LogP contribution in [0, 0.1) is 0 Å². The summed E-state index contributed by atoms with van der Waals surface area (Å²) < 4.78 is 2.62. The summed E-state index contributed by atoms with van der Waals surface area (Å²) in [5.74, 6) is -0.229. The molecule has 0 fully saturated rings. The molecule has 3 aromatic rings. The summed E-state index contributed by atoms with van der Waals surface area (Å²) in [6.07, 6.45) is 4.08. The number of anilines is 1. The number of benzene rings is 1. The molecule has 0 aliphatic heterocycles. The fraction of sp³-hybridized carbons (Fsp3) is 0.133. The van der Waals surface area contributed by atoms with E-state index in [-0.39, 0.29) is 5.91 Å². The number of thiazole rings is 1. The predicted octanol–water partition coefficient (Wildman–Crippen LogP) is 3.41. The average Bonchev–Trinajstić information content (AvgIpc) is 3.23. The third-order valence-electron chi connectivity index (χ3n) is 3.15. The Morgan fingerprint density at radius 2 is 2.13 bits per heavy atom. The number of hydrazine groups is 1. The number of hydrogen-bond donors (Lipinski definition) is 2. The number of rotatable bonds is 5. The van der Waals surface area contributed by atoms with Crippen molar-refractivity contribution in [2.24, 2.45) is 0 Å². The lowest BCUT2D eigenvalue weighted by atomic mass is 10.2. The van der Waals surface area contributed by atoms with Crippen LogP contribution >= 0.6 is 27.3 Å². The van der Waals surface area contributed by atoms with Crippen molar-refractivity contribution < 1.29 is 4.79 Å². The Labute approximate surface area is 145 Å². The molecule has 0 aliphatic rings. The molecule has 3 rings (SSSR count). The Balaban J connectivity index is 1.75. The fourth-order valence-electron chi connectivity index (χ4n) is 2.02. The van der Waals surface area contributed by atoms with Gasteiger partial charge >= 0.3 is 0 Å². The van der Waals surface area contributed by atoms with Gasteiger partial charge in [-0.25, -0.2) is 9.67 Å². The molecule has 1 aromatic carbocycles. The highest BCUT2D eigenvalue weighted by Gasteiger charge is 2.16. The second-order valence-electron chi connectivity index (χ2n) is 4.69. The van der Waals surface area contributed by atoms with Gasteiger partial charge < -0.3 is 0 Å². The quantitative estimate of drug-likeness (QED) is 0.653. The number of amides is 1. The van der Waals surface area contributed by atoms with Gasteiger partial charge in [-0.1, -0.05) is 22.9 Å². The lowest BCUT2D eigenvalue weighted by molar-refractivity contribution is 0.0962. The van der Waals surface area contributed by atoms with Crippen LogP contribution < -0.4 is 10.9 Å². The first-order valence-electron chi connectivity index (χ1n) is 6.97. The lowest BCUT2D eigenvalue weighted by Gasteiger charge is -2.08. The van der Waals surface area contributed by atoms with E-state index in [1.807, 2.05) is 36.6 Å².